The summed E-state index contributed by atoms with van der Waals surface area (Å²) in [5.41, 5.74) is 7.81. The predicted molar refractivity (Wildman–Crippen MR) is 94.9 cm³/mol. The normalized spacial score (nSPS) is 11.6. The molecule has 2 aromatic carbocycles. The molecule has 8 nitrogen and oxygen atoms in total. The van der Waals surface area contributed by atoms with Gasteiger partial charge in [0, 0.05) is 6.07 Å². The van der Waals surface area contributed by atoms with Crippen molar-refractivity contribution in [3.63, 3.8) is 0 Å². The molecule has 8 heteroatoms. The van der Waals surface area contributed by atoms with Crippen molar-refractivity contribution in [1.82, 2.24) is 14.4 Å². The van der Waals surface area contributed by atoms with Gasteiger partial charge in [0.15, 0.2) is 5.69 Å². The van der Waals surface area contributed by atoms with Crippen LogP contribution >= 0.6 is 0 Å². The lowest BCUT2D eigenvalue weighted by Crippen LogP contribution is -2.12. The Morgan fingerprint density at radius 2 is 2.00 bits per heavy atom. The molecule has 3 N–H and O–H groups in total. The van der Waals surface area contributed by atoms with Crippen molar-refractivity contribution >= 4 is 34.0 Å². The van der Waals surface area contributed by atoms with Crippen molar-refractivity contribution in [3.8, 4) is 5.75 Å². The highest BCUT2D eigenvalue weighted by Gasteiger charge is 2.14. The van der Waals surface area contributed by atoms with Gasteiger partial charge in [-0.05, 0) is 24.3 Å². The van der Waals surface area contributed by atoms with Crippen LogP contribution in [-0.2, 0) is 0 Å². The lowest BCUT2D eigenvalue weighted by Gasteiger charge is -2.03. The SMILES string of the molecule is COc1cccc(N=Nc2c(N)n3c(nc4ccccc43)[nH]c2=O)c1. The van der Waals surface area contributed by atoms with Crippen LogP contribution in [0.15, 0.2) is 63.6 Å². The number of ether oxygens (including phenoxy) is 1. The molecule has 0 saturated heterocycles. The highest BCUT2D eigenvalue weighted by Crippen LogP contribution is 2.26. The molecule has 4 rings (SSSR count). The average molecular weight is 334 g/mol. The number of azo groups is 1. The van der Waals surface area contributed by atoms with Crippen LogP contribution in [0.1, 0.15) is 0 Å². The third-order valence-electron chi connectivity index (χ3n) is 3.80. The molecule has 0 atom stereocenters. The second kappa shape index (κ2) is 5.75. The number of hydrogen-bond acceptors (Lipinski definition) is 6. The molecule has 0 aliphatic rings. The standard InChI is InChI=1S/C17H14N6O2/c1-25-11-6-4-5-10(9-11)21-22-14-15(18)23-13-8-3-2-7-12(13)19-17(23)20-16(14)24/h2-9H,18H2,1H3,(H,19,20,24). The van der Waals surface area contributed by atoms with Gasteiger partial charge in [0.25, 0.3) is 5.56 Å². The maximum atomic E-state index is 12.3. The zero-order valence-electron chi connectivity index (χ0n) is 13.3. The van der Waals surface area contributed by atoms with E-state index in [1.807, 2.05) is 24.3 Å². The fourth-order valence-electron chi connectivity index (χ4n) is 2.61. The summed E-state index contributed by atoms with van der Waals surface area (Å²) in [5.74, 6) is 1.19. The molecule has 0 bridgehead atoms. The summed E-state index contributed by atoms with van der Waals surface area (Å²) >= 11 is 0. The van der Waals surface area contributed by atoms with Gasteiger partial charge in [-0.1, -0.05) is 18.2 Å². The third kappa shape index (κ3) is 2.49. The van der Waals surface area contributed by atoms with Crippen molar-refractivity contribution in [2.24, 2.45) is 10.2 Å². The molecule has 0 unspecified atom stereocenters. The first-order valence-corrected chi connectivity index (χ1v) is 7.52. The summed E-state index contributed by atoms with van der Waals surface area (Å²) in [6.45, 7) is 0. The molecule has 0 amide bonds. The van der Waals surface area contributed by atoms with Crippen LogP contribution in [0.25, 0.3) is 16.8 Å². The Morgan fingerprint density at radius 3 is 2.84 bits per heavy atom. The number of nitrogens with one attached hydrogen (secondary N) is 1. The Hall–Kier alpha value is -3.68. The van der Waals surface area contributed by atoms with E-state index in [0.29, 0.717) is 17.2 Å². The van der Waals surface area contributed by atoms with Crippen LogP contribution in [0, 0.1) is 0 Å². The molecular formula is C17H14N6O2. The van der Waals surface area contributed by atoms with Crippen LogP contribution < -0.4 is 16.0 Å². The number of para-hydroxylation sites is 2. The zero-order chi connectivity index (χ0) is 17.4. The first-order valence-electron chi connectivity index (χ1n) is 7.52. The lowest BCUT2D eigenvalue weighted by molar-refractivity contribution is 0.415. The summed E-state index contributed by atoms with van der Waals surface area (Å²) in [7, 11) is 1.57. The van der Waals surface area contributed by atoms with Crippen LogP contribution in [0.2, 0.25) is 0 Å². The molecule has 0 spiro atoms. The average Bonchev–Trinajstić information content (AvgIpc) is 2.99. The number of benzene rings is 2. The molecule has 0 saturated carbocycles. The van der Waals surface area contributed by atoms with Gasteiger partial charge in [0.2, 0.25) is 5.78 Å². The molecule has 2 heterocycles. The minimum atomic E-state index is -0.452. The van der Waals surface area contributed by atoms with E-state index in [4.69, 9.17) is 10.5 Å². The molecule has 0 fully saturated rings. The molecule has 124 valence electrons. The van der Waals surface area contributed by atoms with E-state index in [2.05, 4.69) is 20.2 Å². The lowest BCUT2D eigenvalue weighted by atomic mass is 10.3. The summed E-state index contributed by atoms with van der Waals surface area (Å²) in [4.78, 5) is 19.4. The fraction of sp³-hybridized carbons (Fsp3) is 0.0588. The Labute approximate surface area is 141 Å². The smallest absolute Gasteiger partial charge is 0.282 e. The summed E-state index contributed by atoms with van der Waals surface area (Å²) in [6.07, 6.45) is 0. The number of hydrogen-bond donors (Lipinski definition) is 2. The monoisotopic (exact) mass is 334 g/mol. The summed E-state index contributed by atoms with van der Waals surface area (Å²) < 4.78 is 6.79. The van der Waals surface area contributed by atoms with Crippen molar-refractivity contribution < 1.29 is 4.74 Å². The number of rotatable bonds is 3. The van der Waals surface area contributed by atoms with E-state index in [1.165, 1.54) is 0 Å². The topological polar surface area (TPSA) is 110 Å². The third-order valence-corrected chi connectivity index (χ3v) is 3.80. The Balaban J connectivity index is 1.88. The number of methoxy groups -OCH3 is 1. The minimum Gasteiger partial charge on any atom is -0.497 e. The summed E-state index contributed by atoms with van der Waals surface area (Å²) in [5, 5.41) is 8.13. The van der Waals surface area contributed by atoms with E-state index >= 15 is 0 Å². The second-order valence-corrected chi connectivity index (χ2v) is 5.35. The number of H-pyrrole nitrogens is 1. The maximum Gasteiger partial charge on any atom is 0.282 e. The van der Waals surface area contributed by atoms with Crippen LogP contribution in [0.5, 0.6) is 5.75 Å². The van der Waals surface area contributed by atoms with Gasteiger partial charge in [-0.25, -0.2) is 4.98 Å². The number of nitrogens with two attached hydrogens (primary N) is 1. The second-order valence-electron chi connectivity index (χ2n) is 5.35. The first kappa shape index (κ1) is 14.9. The van der Waals surface area contributed by atoms with Gasteiger partial charge in [-0.15, -0.1) is 5.11 Å². The molecule has 0 aliphatic carbocycles. The minimum absolute atomic E-state index is 0.0264. The number of anilines is 1. The van der Waals surface area contributed by atoms with Gasteiger partial charge >= 0.3 is 0 Å². The molecule has 25 heavy (non-hydrogen) atoms. The predicted octanol–water partition coefficient (Wildman–Crippen LogP) is 3.18. The van der Waals surface area contributed by atoms with Crippen molar-refractivity contribution in [1.29, 1.82) is 0 Å². The van der Waals surface area contributed by atoms with E-state index in [9.17, 15) is 4.79 Å². The Morgan fingerprint density at radius 1 is 1.16 bits per heavy atom. The maximum absolute atomic E-state index is 12.3. The molecule has 4 aromatic rings. The molecular weight excluding hydrogens is 320 g/mol. The molecule has 2 aromatic heterocycles. The van der Waals surface area contributed by atoms with E-state index in [1.54, 1.807) is 35.8 Å². The van der Waals surface area contributed by atoms with Gasteiger partial charge in [0.05, 0.1) is 23.8 Å². The molecule has 0 radical (unpaired) electrons. The van der Waals surface area contributed by atoms with Crippen molar-refractivity contribution in [2.45, 2.75) is 0 Å². The van der Waals surface area contributed by atoms with E-state index in [-0.39, 0.29) is 11.5 Å². The number of imidazole rings is 1. The van der Waals surface area contributed by atoms with Crippen LogP contribution in [0.3, 0.4) is 0 Å². The quantitative estimate of drug-likeness (QED) is 0.560. The zero-order valence-corrected chi connectivity index (χ0v) is 13.3. The van der Waals surface area contributed by atoms with Crippen LogP contribution in [0.4, 0.5) is 17.2 Å². The Bertz CT molecular complexity index is 1170. The van der Waals surface area contributed by atoms with Gasteiger partial charge in [-0.2, -0.15) is 5.11 Å². The van der Waals surface area contributed by atoms with Crippen molar-refractivity contribution in [3.05, 3.63) is 58.9 Å². The number of fused-ring (bicyclic) bond motifs is 3. The first-order chi connectivity index (χ1) is 12.2. The molecule has 0 aliphatic heterocycles. The largest absolute Gasteiger partial charge is 0.497 e. The fourth-order valence-corrected chi connectivity index (χ4v) is 2.61. The number of nitrogens with zero attached hydrogens (tertiary/aromatic N) is 4. The number of aromatic nitrogens is 3. The van der Waals surface area contributed by atoms with Gasteiger partial charge in [-0.3, -0.25) is 14.2 Å². The number of aromatic amines is 1. The number of nitrogen functional groups attached to an aromatic ring is 1. The van der Waals surface area contributed by atoms with E-state index in [0.717, 1.165) is 11.0 Å². The van der Waals surface area contributed by atoms with Crippen molar-refractivity contribution in [2.75, 3.05) is 12.8 Å². The highest BCUT2D eigenvalue weighted by molar-refractivity contribution is 5.82. The Kier molecular flexibility index (Phi) is 3.42. The van der Waals surface area contributed by atoms with E-state index < -0.39 is 5.56 Å². The van der Waals surface area contributed by atoms with Gasteiger partial charge in [0.1, 0.15) is 11.6 Å². The van der Waals surface area contributed by atoms with Gasteiger partial charge < -0.3 is 10.5 Å². The highest BCUT2D eigenvalue weighted by atomic mass is 16.5. The van der Waals surface area contributed by atoms with Crippen LogP contribution in [-0.4, -0.2) is 21.5 Å². The summed E-state index contributed by atoms with van der Waals surface area (Å²) in [6, 6.07) is 14.5.